The minimum Gasteiger partial charge on any atom is -0.504 e. The highest BCUT2D eigenvalue weighted by Crippen LogP contribution is 2.27. The van der Waals surface area contributed by atoms with Gasteiger partial charge in [-0.05, 0) is 36.8 Å². The van der Waals surface area contributed by atoms with E-state index < -0.39 is 0 Å². The topological polar surface area (TPSA) is 71.5 Å². The molecule has 2 aromatic carbocycles. The Balaban J connectivity index is 1.64. The van der Waals surface area contributed by atoms with Gasteiger partial charge in [-0.2, -0.15) is 0 Å². The number of anilines is 1. The predicted octanol–water partition coefficient (Wildman–Crippen LogP) is 3.33. The van der Waals surface area contributed by atoms with E-state index in [4.69, 9.17) is 4.74 Å². The lowest BCUT2D eigenvalue weighted by Gasteiger charge is -2.06. The number of hydrogen-bond acceptors (Lipinski definition) is 5. The minimum absolute atomic E-state index is 0.00534. The molecular formula is C16H14N2O3S. The fourth-order valence-electron chi connectivity index (χ4n) is 1.96. The zero-order valence-corrected chi connectivity index (χ0v) is 12.7. The average molecular weight is 314 g/mol. The summed E-state index contributed by atoms with van der Waals surface area (Å²) >= 11 is 1.42. The zero-order chi connectivity index (χ0) is 15.5. The minimum atomic E-state index is -0.320. The molecule has 3 rings (SSSR count). The van der Waals surface area contributed by atoms with Crippen molar-refractivity contribution in [2.75, 3.05) is 11.9 Å². The third-order valence-electron chi connectivity index (χ3n) is 3.01. The Labute approximate surface area is 131 Å². The van der Waals surface area contributed by atoms with Crippen LogP contribution in [0.5, 0.6) is 11.5 Å². The molecule has 112 valence electrons. The Morgan fingerprint density at radius 3 is 2.95 bits per heavy atom. The van der Waals surface area contributed by atoms with Gasteiger partial charge in [-0.15, -0.1) is 0 Å². The summed E-state index contributed by atoms with van der Waals surface area (Å²) < 4.78 is 6.30. The van der Waals surface area contributed by atoms with E-state index >= 15 is 0 Å². The first kappa shape index (κ1) is 14.3. The summed E-state index contributed by atoms with van der Waals surface area (Å²) in [6, 6.07) is 12.5. The first-order chi connectivity index (χ1) is 10.6. The normalized spacial score (nSPS) is 10.6. The van der Waals surface area contributed by atoms with Gasteiger partial charge in [-0.25, -0.2) is 4.98 Å². The number of carbonyl (C=O) groups is 1. The van der Waals surface area contributed by atoms with Gasteiger partial charge in [0.15, 0.2) is 23.2 Å². The standard InChI is InChI=1S/C16H14N2O3S/c1-10-6-7-11-14(8-10)22-16(17-11)18-15(20)9-21-13-5-3-2-4-12(13)19/h2-8,19H,9H2,1H3,(H,17,18,20). The van der Waals surface area contributed by atoms with Crippen LogP contribution in [0.3, 0.4) is 0 Å². The molecule has 0 aliphatic carbocycles. The number of thiazole rings is 1. The number of amides is 1. The molecule has 0 aliphatic heterocycles. The van der Waals surface area contributed by atoms with E-state index in [0.717, 1.165) is 15.8 Å². The van der Waals surface area contributed by atoms with Crippen LogP contribution in [0, 0.1) is 6.92 Å². The Morgan fingerprint density at radius 1 is 1.32 bits per heavy atom. The molecule has 0 atom stereocenters. The van der Waals surface area contributed by atoms with Gasteiger partial charge in [0.05, 0.1) is 10.2 Å². The van der Waals surface area contributed by atoms with E-state index in [1.54, 1.807) is 18.2 Å². The largest absolute Gasteiger partial charge is 0.504 e. The predicted molar refractivity (Wildman–Crippen MR) is 86.6 cm³/mol. The molecule has 22 heavy (non-hydrogen) atoms. The average Bonchev–Trinajstić information content (AvgIpc) is 2.87. The van der Waals surface area contributed by atoms with Gasteiger partial charge in [-0.3, -0.25) is 10.1 Å². The maximum Gasteiger partial charge on any atom is 0.264 e. The summed E-state index contributed by atoms with van der Waals surface area (Å²) in [7, 11) is 0. The second-order valence-electron chi connectivity index (χ2n) is 4.79. The van der Waals surface area contributed by atoms with Gasteiger partial charge in [0.2, 0.25) is 0 Å². The number of aryl methyl sites for hydroxylation is 1. The maximum atomic E-state index is 11.9. The number of carbonyl (C=O) groups excluding carboxylic acids is 1. The van der Waals surface area contributed by atoms with Crippen molar-refractivity contribution in [1.82, 2.24) is 4.98 Å². The van der Waals surface area contributed by atoms with Crippen molar-refractivity contribution in [1.29, 1.82) is 0 Å². The van der Waals surface area contributed by atoms with E-state index in [9.17, 15) is 9.90 Å². The molecule has 0 aliphatic rings. The quantitative estimate of drug-likeness (QED) is 0.775. The van der Waals surface area contributed by atoms with Crippen LogP contribution in [0.1, 0.15) is 5.56 Å². The third-order valence-corrected chi connectivity index (χ3v) is 3.95. The summed E-state index contributed by atoms with van der Waals surface area (Å²) in [6.07, 6.45) is 0. The van der Waals surface area contributed by atoms with Gasteiger partial charge in [0, 0.05) is 0 Å². The highest BCUT2D eigenvalue weighted by molar-refractivity contribution is 7.22. The van der Waals surface area contributed by atoms with Crippen LogP contribution >= 0.6 is 11.3 Å². The monoisotopic (exact) mass is 314 g/mol. The van der Waals surface area contributed by atoms with Crippen LogP contribution < -0.4 is 10.1 Å². The summed E-state index contributed by atoms with van der Waals surface area (Å²) in [5.74, 6) is -0.0395. The van der Waals surface area contributed by atoms with Crippen molar-refractivity contribution in [3.8, 4) is 11.5 Å². The van der Waals surface area contributed by atoms with E-state index in [2.05, 4.69) is 10.3 Å². The van der Waals surface area contributed by atoms with Crippen molar-refractivity contribution >= 4 is 32.6 Å². The molecule has 3 aromatic rings. The van der Waals surface area contributed by atoms with E-state index in [-0.39, 0.29) is 24.0 Å². The molecular weight excluding hydrogens is 300 g/mol. The highest BCUT2D eigenvalue weighted by Gasteiger charge is 2.09. The smallest absolute Gasteiger partial charge is 0.264 e. The van der Waals surface area contributed by atoms with Gasteiger partial charge in [-0.1, -0.05) is 29.5 Å². The fraction of sp³-hybridized carbons (Fsp3) is 0.125. The molecule has 2 N–H and O–H groups in total. The second-order valence-corrected chi connectivity index (χ2v) is 5.83. The number of fused-ring (bicyclic) bond motifs is 1. The highest BCUT2D eigenvalue weighted by atomic mass is 32.1. The van der Waals surface area contributed by atoms with E-state index in [1.165, 1.54) is 17.4 Å². The number of nitrogens with zero attached hydrogens (tertiary/aromatic N) is 1. The number of phenols is 1. The number of phenolic OH excluding ortho intramolecular Hbond substituents is 1. The van der Waals surface area contributed by atoms with E-state index in [0.29, 0.717) is 5.13 Å². The maximum absolute atomic E-state index is 11.9. The van der Waals surface area contributed by atoms with Crippen LogP contribution in [-0.4, -0.2) is 22.6 Å². The van der Waals surface area contributed by atoms with Crippen LogP contribution in [0.2, 0.25) is 0 Å². The Bertz CT molecular complexity index is 829. The van der Waals surface area contributed by atoms with Gasteiger partial charge in [0.25, 0.3) is 5.91 Å². The number of nitrogens with one attached hydrogen (secondary N) is 1. The van der Waals surface area contributed by atoms with Crippen molar-refractivity contribution in [2.24, 2.45) is 0 Å². The third kappa shape index (κ3) is 3.17. The number of aromatic nitrogens is 1. The van der Waals surface area contributed by atoms with Gasteiger partial charge >= 0.3 is 0 Å². The Morgan fingerprint density at radius 2 is 2.14 bits per heavy atom. The summed E-state index contributed by atoms with van der Waals surface area (Å²) in [5, 5.41) is 12.8. The number of hydrogen-bond donors (Lipinski definition) is 2. The number of aromatic hydroxyl groups is 1. The Kier molecular flexibility index (Phi) is 3.93. The van der Waals surface area contributed by atoms with Crippen molar-refractivity contribution in [2.45, 2.75) is 6.92 Å². The molecule has 0 saturated heterocycles. The first-order valence-corrected chi connectivity index (χ1v) is 7.51. The number of rotatable bonds is 4. The summed E-state index contributed by atoms with van der Waals surface area (Å²) in [4.78, 5) is 16.2. The molecule has 1 heterocycles. The van der Waals surface area contributed by atoms with Gasteiger partial charge in [0.1, 0.15) is 0 Å². The molecule has 0 radical (unpaired) electrons. The molecule has 5 nitrogen and oxygen atoms in total. The second kappa shape index (κ2) is 6.03. The molecule has 1 aromatic heterocycles. The molecule has 0 bridgehead atoms. The lowest BCUT2D eigenvalue weighted by Crippen LogP contribution is -2.20. The summed E-state index contributed by atoms with van der Waals surface area (Å²) in [5.41, 5.74) is 2.00. The SMILES string of the molecule is Cc1ccc2nc(NC(=O)COc3ccccc3O)sc2c1. The van der Waals surface area contributed by atoms with Crippen molar-refractivity contribution in [3.05, 3.63) is 48.0 Å². The molecule has 0 saturated carbocycles. The van der Waals surface area contributed by atoms with E-state index in [1.807, 2.05) is 25.1 Å². The zero-order valence-electron chi connectivity index (χ0n) is 11.9. The molecule has 0 spiro atoms. The molecule has 0 fully saturated rings. The first-order valence-electron chi connectivity index (χ1n) is 6.69. The Hall–Kier alpha value is -2.60. The summed E-state index contributed by atoms with van der Waals surface area (Å²) in [6.45, 7) is 1.82. The van der Waals surface area contributed by atoms with Crippen molar-refractivity contribution < 1.29 is 14.6 Å². The van der Waals surface area contributed by atoms with Crippen LogP contribution in [0.15, 0.2) is 42.5 Å². The lowest BCUT2D eigenvalue weighted by atomic mass is 10.2. The van der Waals surface area contributed by atoms with Crippen LogP contribution in [0.25, 0.3) is 10.2 Å². The number of ether oxygens (including phenoxy) is 1. The number of para-hydroxylation sites is 2. The van der Waals surface area contributed by atoms with Crippen LogP contribution in [0.4, 0.5) is 5.13 Å². The molecule has 1 amide bonds. The fourth-order valence-corrected chi connectivity index (χ4v) is 2.94. The molecule has 6 heteroatoms. The number of benzene rings is 2. The van der Waals surface area contributed by atoms with Crippen molar-refractivity contribution in [3.63, 3.8) is 0 Å². The van der Waals surface area contributed by atoms with Gasteiger partial charge < -0.3 is 9.84 Å². The lowest BCUT2D eigenvalue weighted by molar-refractivity contribution is -0.118. The molecule has 0 unspecified atom stereocenters. The van der Waals surface area contributed by atoms with Crippen LogP contribution in [-0.2, 0) is 4.79 Å².